The molecule has 4 rings (SSSR count). The Balaban J connectivity index is 1.59. The number of para-hydroxylation sites is 1. The molecule has 1 amide bonds. The van der Waals surface area contributed by atoms with Crippen LogP contribution < -0.4 is 10.9 Å². The highest BCUT2D eigenvalue weighted by Crippen LogP contribution is 2.31. The van der Waals surface area contributed by atoms with Crippen molar-refractivity contribution in [2.45, 2.75) is 13.5 Å². The number of hydrogen-bond acceptors (Lipinski definition) is 6. The number of amides is 1. The molecule has 0 aliphatic rings. The first kappa shape index (κ1) is 18.7. The maximum Gasteiger partial charge on any atom is 0.261 e. The fourth-order valence-electron chi connectivity index (χ4n) is 2.94. The standard InChI is InChI=1S/C21H16N4O3S/c1-13(26)19-18(14-7-3-2-4-8-14)24-21(29-19)23-17(27)11-25-12-22-16-10-6-5-9-15(16)20(25)28/h2-10,12H,11H2,1H3,(H,23,24,27). The lowest BCUT2D eigenvalue weighted by Gasteiger charge is -2.06. The summed E-state index contributed by atoms with van der Waals surface area (Å²) in [6.45, 7) is 1.26. The zero-order valence-corrected chi connectivity index (χ0v) is 16.3. The van der Waals surface area contributed by atoms with E-state index in [2.05, 4.69) is 15.3 Å². The van der Waals surface area contributed by atoms with Gasteiger partial charge in [0.1, 0.15) is 6.54 Å². The number of hydrogen-bond donors (Lipinski definition) is 1. The van der Waals surface area contributed by atoms with Crippen LogP contribution in [-0.2, 0) is 11.3 Å². The third kappa shape index (κ3) is 3.83. The van der Waals surface area contributed by atoms with Crippen molar-refractivity contribution in [3.8, 4) is 11.3 Å². The molecule has 2 aromatic carbocycles. The monoisotopic (exact) mass is 404 g/mol. The van der Waals surface area contributed by atoms with Crippen LogP contribution in [0.15, 0.2) is 65.7 Å². The Morgan fingerprint density at radius 2 is 1.79 bits per heavy atom. The molecule has 0 radical (unpaired) electrons. The summed E-state index contributed by atoms with van der Waals surface area (Å²) in [6.07, 6.45) is 1.35. The summed E-state index contributed by atoms with van der Waals surface area (Å²) in [5, 5.41) is 3.43. The molecule has 0 aliphatic carbocycles. The van der Waals surface area contributed by atoms with Gasteiger partial charge in [-0.15, -0.1) is 0 Å². The maximum absolute atomic E-state index is 12.5. The van der Waals surface area contributed by atoms with Crippen molar-refractivity contribution in [1.82, 2.24) is 14.5 Å². The molecule has 2 heterocycles. The molecule has 144 valence electrons. The predicted molar refractivity (Wildman–Crippen MR) is 112 cm³/mol. The smallest absolute Gasteiger partial charge is 0.261 e. The molecule has 2 aromatic heterocycles. The fraction of sp³-hybridized carbons (Fsp3) is 0.0952. The van der Waals surface area contributed by atoms with E-state index >= 15 is 0 Å². The first-order valence-corrected chi connectivity index (χ1v) is 9.66. The van der Waals surface area contributed by atoms with Crippen molar-refractivity contribution in [2.75, 3.05) is 5.32 Å². The molecule has 7 nitrogen and oxygen atoms in total. The van der Waals surface area contributed by atoms with Gasteiger partial charge in [-0.2, -0.15) is 0 Å². The van der Waals surface area contributed by atoms with E-state index in [1.165, 1.54) is 17.8 Å². The first-order chi connectivity index (χ1) is 14.0. The summed E-state index contributed by atoms with van der Waals surface area (Å²) >= 11 is 1.11. The van der Waals surface area contributed by atoms with Crippen molar-refractivity contribution < 1.29 is 9.59 Å². The Labute approximate surface area is 169 Å². The number of ketones is 1. The van der Waals surface area contributed by atoms with Crippen LogP contribution >= 0.6 is 11.3 Å². The van der Waals surface area contributed by atoms with Crippen LogP contribution in [-0.4, -0.2) is 26.2 Å². The van der Waals surface area contributed by atoms with E-state index in [4.69, 9.17) is 0 Å². The lowest BCUT2D eigenvalue weighted by atomic mass is 10.1. The Hall–Kier alpha value is -3.65. The van der Waals surface area contributed by atoms with E-state index in [-0.39, 0.29) is 17.9 Å². The van der Waals surface area contributed by atoms with E-state index in [9.17, 15) is 14.4 Å². The molecule has 0 fully saturated rings. The van der Waals surface area contributed by atoms with Gasteiger partial charge in [0, 0.05) is 12.5 Å². The van der Waals surface area contributed by atoms with Gasteiger partial charge in [-0.3, -0.25) is 19.0 Å². The van der Waals surface area contributed by atoms with Crippen molar-refractivity contribution in [1.29, 1.82) is 0 Å². The van der Waals surface area contributed by atoms with Crippen LogP contribution in [0.5, 0.6) is 0 Å². The van der Waals surface area contributed by atoms with Gasteiger partial charge >= 0.3 is 0 Å². The molecule has 29 heavy (non-hydrogen) atoms. The Morgan fingerprint density at radius 1 is 1.07 bits per heavy atom. The highest BCUT2D eigenvalue weighted by atomic mass is 32.1. The largest absolute Gasteiger partial charge is 0.300 e. The number of carbonyl (C=O) groups is 2. The molecule has 4 aromatic rings. The van der Waals surface area contributed by atoms with E-state index in [0.29, 0.717) is 26.6 Å². The van der Waals surface area contributed by atoms with Crippen LogP contribution in [0, 0.1) is 0 Å². The van der Waals surface area contributed by atoms with E-state index in [1.54, 1.807) is 24.3 Å². The summed E-state index contributed by atoms with van der Waals surface area (Å²) in [7, 11) is 0. The second-order valence-corrected chi connectivity index (χ2v) is 7.36. The third-order valence-corrected chi connectivity index (χ3v) is 5.36. The highest BCUT2D eigenvalue weighted by molar-refractivity contribution is 7.18. The van der Waals surface area contributed by atoms with Crippen molar-refractivity contribution >= 4 is 39.1 Å². The summed E-state index contributed by atoms with van der Waals surface area (Å²) in [5.41, 5.74) is 1.61. The van der Waals surface area contributed by atoms with E-state index in [1.807, 2.05) is 30.3 Å². The summed E-state index contributed by atoms with van der Waals surface area (Å²) < 4.78 is 1.25. The van der Waals surface area contributed by atoms with Gasteiger partial charge in [0.15, 0.2) is 10.9 Å². The van der Waals surface area contributed by atoms with Crippen molar-refractivity contribution in [3.63, 3.8) is 0 Å². The molecule has 0 spiro atoms. The minimum atomic E-state index is -0.423. The SMILES string of the molecule is CC(=O)c1sc(NC(=O)Cn2cnc3ccccc3c2=O)nc1-c1ccccc1. The number of nitrogens with one attached hydrogen (secondary N) is 1. The predicted octanol–water partition coefficient (Wildman–Crippen LogP) is 3.36. The molecule has 0 saturated carbocycles. The van der Waals surface area contributed by atoms with Crippen LogP contribution in [0.3, 0.4) is 0 Å². The van der Waals surface area contributed by atoms with E-state index < -0.39 is 5.91 Å². The number of nitrogens with zero attached hydrogens (tertiary/aromatic N) is 3. The zero-order valence-electron chi connectivity index (χ0n) is 15.5. The van der Waals surface area contributed by atoms with Crippen LogP contribution in [0.1, 0.15) is 16.6 Å². The van der Waals surface area contributed by atoms with Crippen LogP contribution in [0.4, 0.5) is 5.13 Å². The molecule has 0 aliphatic heterocycles. The molecule has 0 saturated heterocycles. The van der Waals surface area contributed by atoms with Gasteiger partial charge in [-0.25, -0.2) is 9.97 Å². The molecule has 1 N–H and O–H groups in total. The lowest BCUT2D eigenvalue weighted by Crippen LogP contribution is -2.27. The third-order valence-electron chi connectivity index (χ3n) is 4.29. The second-order valence-electron chi connectivity index (χ2n) is 6.36. The van der Waals surface area contributed by atoms with Gasteiger partial charge in [0.05, 0.1) is 27.8 Å². The molecule has 0 atom stereocenters. The lowest BCUT2D eigenvalue weighted by molar-refractivity contribution is -0.116. The zero-order chi connectivity index (χ0) is 20.4. The second kappa shape index (κ2) is 7.76. The Morgan fingerprint density at radius 3 is 2.55 bits per heavy atom. The van der Waals surface area contributed by atoms with Gasteiger partial charge < -0.3 is 5.32 Å². The average molecular weight is 404 g/mol. The summed E-state index contributed by atoms with van der Waals surface area (Å²) in [6, 6.07) is 16.3. The van der Waals surface area contributed by atoms with Crippen LogP contribution in [0.25, 0.3) is 22.2 Å². The maximum atomic E-state index is 12.5. The van der Waals surface area contributed by atoms with Gasteiger partial charge in [-0.1, -0.05) is 53.8 Å². The quantitative estimate of drug-likeness (QED) is 0.515. The number of Topliss-reactive ketones (excluding diaryl/α,β-unsaturated/α-hetero) is 1. The number of fused-ring (bicyclic) bond motifs is 1. The number of benzene rings is 2. The minimum Gasteiger partial charge on any atom is -0.300 e. The number of carbonyl (C=O) groups excluding carboxylic acids is 2. The van der Waals surface area contributed by atoms with Crippen molar-refractivity contribution in [2.24, 2.45) is 0 Å². The summed E-state index contributed by atoms with van der Waals surface area (Å²) in [5.74, 6) is -0.551. The molecule has 0 bridgehead atoms. The fourth-order valence-corrected chi connectivity index (χ4v) is 3.84. The molecular formula is C21H16N4O3S. The topological polar surface area (TPSA) is 94.0 Å². The number of rotatable bonds is 5. The Kier molecular flexibility index (Phi) is 5.01. The molecule has 8 heteroatoms. The normalized spacial score (nSPS) is 10.8. The summed E-state index contributed by atoms with van der Waals surface area (Å²) in [4.78, 5) is 46.1. The highest BCUT2D eigenvalue weighted by Gasteiger charge is 2.18. The molecular weight excluding hydrogens is 388 g/mol. The molecule has 0 unspecified atom stereocenters. The minimum absolute atomic E-state index is 0.128. The van der Waals surface area contributed by atoms with Gasteiger partial charge in [-0.05, 0) is 12.1 Å². The van der Waals surface area contributed by atoms with Gasteiger partial charge in [0.25, 0.3) is 5.56 Å². The number of thiazole rings is 1. The first-order valence-electron chi connectivity index (χ1n) is 8.84. The number of anilines is 1. The average Bonchev–Trinajstić information content (AvgIpc) is 3.15. The van der Waals surface area contributed by atoms with Gasteiger partial charge in [0.2, 0.25) is 5.91 Å². The Bertz CT molecular complexity index is 1280. The number of aromatic nitrogens is 3. The van der Waals surface area contributed by atoms with E-state index in [0.717, 1.165) is 16.9 Å². The van der Waals surface area contributed by atoms with Crippen LogP contribution in [0.2, 0.25) is 0 Å². The van der Waals surface area contributed by atoms with Crippen molar-refractivity contribution in [3.05, 3.63) is 76.2 Å².